The van der Waals surface area contributed by atoms with Crippen LogP contribution >= 0.6 is 7.60 Å². The molecule has 0 fully saturated rings. The van der Waals surface area contributed by atoms with E-state index in [0.29, 0.717) is 6.42 Å². The highest BCUT2D eigenvalue weighted by Gasteiger charge is 2.49. The molecule has 0 aliphatic rings. The molecule has 8 nitrogen and oxygen atoms in total. The van der Waals surface area contributed by atoms with Crippen molar-refractivity contribution in [2.75, 3.05) is 0 Å². The SMILES string of the molecule is CCCC(=N)C(C)C(C(=O)O)C(C(=O)O)P(=O)(O)O. The molecular weight excluding hydrogens is 277 g/mol. The third-order valence-corrected chi connectivity index (χ3v) is 4.12. The van der Waals surface area contributed by atoms with Gasteiger partial charge < -0.3 is 25.4 Å². The van der Waals surface area contributed by atoms with Crippen LogP contribution < -0.4 is 0 Å². The van der Waals surface area contributed by atoms with Crippen LogP contribution in [0.2, 0.25) is 0 Å². The van der Waals surface area contributed by atoms with Crippen molar-refractivity contribution in [3.05, 3.63) is 0 Å². The van der Waals surface area contributed by atoms with Crippen molar-refractivity contribution in [2.24, 2.45) is 11.8 Å². The topological polar surface area (TPSA) is 156 Å². The largest absolute Gasteiger partial charge is 0.481 e. The van der Waals surface area contributed by atoms with E-state index < -0.39 is 37.0 Å². The Balaban J connectivity index is 5.52. The lowest BCUT2D eigenvalue weighted by Crippen LogP contribution is -2.41. The number of rotatable bonds is 8. The van der Waals surface area contributed by atoms with Crippen molar-refractivity contribution in [1.29, 1.82) is 5.41 Å². The van der Waals surface area contributed by atoms with Crippen LogP contribution in [0.4, 0.5) is 0 Å². The van der Waals surface area contributed by atoms with Crippen LogP contribution in [0.15, 0.2) is 0 Å². The van der Waals surface area contributed by atoms with Crippen molar-refractivity contribution < 1.29 is 34.2 Å². The maximum atomic E-state index is 11.2. The summed E-state index contributed by atoms with van der Waals surface area (Å²) >= 11 is 0. The molecule has 0 aromatic carbocycles. The zero-order chi connectivity index (χ0) is 15.4. The number of hydrogen-bond donors (Lipinski definition) is 5. The minimum absolute atomic E-state index is 0.0328. The summed E-state index contributed by atoms with van der Waals surface area (Å²) in [6.45, 7) is 3.05. The van der Waals surface area contributed by atoms with Gasteiger partial charge >= 0.3 is 19.5 Å². The summed E-state index contributed by atoms with van der Waals surface area (Å²) in [6.07, 6.45) is 0.807. The van der Waals surface area contributed by atoms with Gasteiger partial charge in [0, 0.05) is 11.6 Å². The van der Waals surface area contributed by atoms with E-state index in [1.54, 1.807) is 6.92 Å². The van der Waals surface area contributed by atoms with Crippen LogP contribution in [0.3, 0.4) is 0 Å². The lowest BCUT2D eigenvalue weighted by Gasteiger charge is -2.26. The summed E-state index contributed by atoms with van der Waals surface area (Å²) in [5, 5.41) is 25.6. The number of carboxylic acids is 2. The quantitative estimate of drug-likeness (QED) is 0.327. The standard InChI is InChI=1S/C10H18NO7P/c1-3-4-6(11)5(2)7(9(12)13)8(10(14)15)19(16,17)18/h5,7-8,11H,3-4H2,1-2H3,(H,12,13)(H,14,15)(H2,16,17,18). The summed E-state index contributed by atoms with van der Waals surface area (Å²) < 4.78 is 11.2. The normalized spacial score (nSPS) is 16.4. The third kappa shape index (κ3) is 4.74. The summed E-state index contributed by atoms with van der Waals surface area (Å²) in [4.78, 5) is 40.1. The van der Waals surface area contributed by atoms with E-state index in [2.05, 4.69) is 0 Å². The minimum atomic E-state index is -5.13. The maximum absolute atomic E-state index is 11.2. The fourth-order valence-corrected chi connectivity index (χ4v) is 2.93. The van der Waals surface area contributed by atoms with Crippen molar-refractivity contribution in [2.45, 2.75) is 32.3 Å². The lowest BCUT2D eigenvalue weighted by atomic mass is 9.85. The van der Waals surface area contributed by atoms with Crippen LogP contribution in [0.5, 0.6) is 0 Å². The zero-order valence-corrected chi connectivity index (χ0v) is 11.5. The number of carbonyl (C=O) groups is 2. The van der Waals surface area contributed by atoms with E-state index in [-0.39, 0.29) is 12.1 Å². The Morgan fingerprint density at radius 3 is 1.95 bits per heavy atom. The molecule has 0 spiro atoms. The third-order valence-electron chi connectivity index (χ3n) is 2.85. The molecule has 0 heterocycles. The Bertz CT molecular complexity index is 416. The second-order valence-corrected chi connectivity index (χ2v) is 6.03. The second kappa shape index (κ2) is 6.79. The number of carboxylic acid groups (broad SMARTS) is 2. The number of hydrogen-bond acceptors (Lipinski definition) is 4. The molecule has 5 N–H and O–H groups in total. The van der Waals surface area contributed by atoms with Crippen molar-refractivity contribution in [3.8, 4) is 0 Å². The summed E-state index contributed by atoms with van der Waals surface area (Å²) in [5.74, 6) is -6.41. The maximum Gasteiger partial charge on any atom is 0.340 e. The lowest BCUT2D eigenvalue weighted by molar-refractivity contribution is -0.149. The number of nitrogens with one attached hydrogen (secondary N) is 1. The van der Waals surface area contributed by atoms with Gasteiger partial charge in [0.1, 0.15) is 0 Å². The highest BCUT2D eigenvalue weighted by Crippen LogP contribution is 2.47. The molecule has 0 aromatic rings. The predicted octanol–water partition coefficient (Wildman–Crippen LogP) is 0.774. The Kier molecular flexibility index (Phi) is 6.35. The Morgan fingerprint density at radius 1 is 1.21 bits per heavy atom. The minimum Gasteiger partial charge on any atom is -0.481 e. The highest BCUT2D eigenvalue weighted by atomic mass is 31.2. The smallest absolute Gasteiger partial charge is 0.340 e. The molecular formula is C10H18NO7P. The molecule has 0 amide bonds. The molecule has 0 saturated heterocycles. The molecule has 0 aromatic heterocycles. The molecule has 0 aliphatic heterocycles. The molecule has 110 valence electrons. The first-order valence-corrected chi connectivity index (χ1v) is 7.30. The van der Waals surface area contributed by atoms with Crippen molar-refractivity contribution >= 4 is 25.2 Å². The Labute approximate surface area is 110 Å². The first-order chi connectivity index (χ1) is 8.53. The van der Waals surface area contributed by atoms with Gasteiger partial charge in [-0.15, -0.1) is 0 Å². The molecule has 3 unspecified atom stereocenters. The van der Waals surface area contributed by atoms with Gasteiger partial charge in [0.05, 0.1) is 5.92 Å². The Hall–Kier alpha value is -1.24. The molecule has 19 heavy (non-hydrogen) atoms. The fourth-order valence-electron chi connectivity index (χ4n) is 1.84. The Morgan fingerprint density at radius 2 is 1.68 bits per heavy atom. The summed E-state index contributed by atoms with van der Waals surface area (Å²) in [5.41, 5.74) is -2.38. The average molecular weight is 295 g/mol. The highest BCUT2D eigenvalue weighted by molar-refractivity contribution is 7.53. The van der Waals surface area contributed by atoms with Gasteiger partial charge in [-0.25, -0.2) is 0 Å². The molecule has 0 rings (SSSR count). The van der Waals surface area contributed by atoms with Gasteiger partial charge in [-0.3, -0.25) is 14.2 Å². The van der Waals surface area contributed by atoms with Crippen LogP contribution in [0.25, 0.3) is 0 Å². The molecule has 0 saturated carbocycles. The van der Waals surface area contributed by atoms with Crippen molar-refractivity contribution in [3.63, 3.8) is 0 Å². The van der Waals surface area contributed by atoms with Crippen LogP contribution in [-0.4, -0.2) is 43.3 Å². The molecule has 0 aliphatic carbocycles. The molecule has 3 atom stereocenters. The van der Waals surface area contributed by atoms with Crippen LogP contribution in [-0.2, 0) is 14.2 Å². The van der Waals surface area contributed by atoms with Crippen molar-refractivity contribution in [1.82, 2.24) is 0 Å². The van der Waals surface area contributed by atoms with E-state index >= 15 is 0 Å². The van der Waals surface area contributed by atoms with Gasteiger partial charge in [0.15, 0.2) is 5.66 Å². The van der Waals surface area contributed by atoms with E-state index in [9.17, 15) is 14.2 Å². The van der Waals surface area contributed by atoms with Gasteiger partial charge in [0.25, 0.3) is 0 Å². The van der Waals surface area contributed by atoms with Gasteiger partial charge in [-0.2, -0.15) is 0 Å². The first-order valence-electron chi connectivity index (χ1n) is 5.62. The van der Waals surface area contributed by atoms with E-state index in [1.165, 1.54) is 6.92 Å². The first kappa shape index (κ1) is 17.8. The summed E-state index contributed by atoms with van der Waals surface area (Å²) in [7, 11) is -5.13. The summed E-state index contributed by atoms with van der Waals surface area (Å²) in [6, 6.07) is 0. The monoisotopic (exact) mass is 295 g/mol. The van der Waals surface area contributed by atoms with Crippen LogP contribution in [0, 0.1) is 17.2 Å². The molecule has 0 bridgehead atoms. The fraction of sp³-hybridized carbons (Fsp3) is 0.700. The zero-order valence-electron chi connectivity index (χ0n) is 10.6. The average Bonchev–Trinajstić information content (AvgIpc) is 2.22. The number of aliphatic carboxylic acids is 2. The molecule has 0 radical (unpaired) electrons. The van der Waals surface area contributed by atoms with E-state index in [0.717, 1.165) is 0 Å². The second-order valence-electron chi connectivity index (χ2n) is 4.30. The van der Waals surface area contributed by atoms with Gasteiger partial charge in [0.2, 0.25) is 0 Å². The van der Waals surface area contributed by atoms with Crippen LogP contribution in [0.1, 0.15) is 26.7 Å². The van der Waals surface area contributed by atoms with E-state index in [1.807, 2.05) is 0 Å². The molecule has 9 heteroatoms. The van der Waals surface area contributed by atoms with Gasteiger partial charge in [-0.05, 0) is 6.42 Å². The van der Waals surface area contributed by atoms with E-state index in [4.69, 9.17) is 25.4 Å². The van der Waals surface area contributed by atoms with Gasteiger partial charge in [-0.1, -0.05) is 20.3 Å². The predicted molar refractivity (Wildman–Crippen MR) is 66.4 cm³/mol.